The summed E-state index contributed by atoms with van der Waals surface area (Å²) in [4.78, 5) is 4.12. The Morgan fingerprint density at radius 1 is 1.39 bits per heavy atom. The van der Waals surface area contributed by atoms with E-state index in [4.69, 9.17) is 4.74 Å². The summed E-state index contributed by atoms with van der Waals surface area (Å²) in [7, 11) is -1.22. The van der Waals surface area contributed by atoms with Crippen LogP contribution in [0.2, 0.25) is 0 Å². The molecule has 1 aromatic carbocycles. The summed E-state index contributed by atoms with van der Waals surface area (Å²) >= 11 is 0. The van der Waals surface area contributed by atoms with Crippen LogP contribution in [0.5, 0.6) is 5.75 Å². The van der Waals surface area contributed by atoms with Crippen molar-refractivity contribution in [1.82, 2.24) is 10.6 Å². The molecule has 0 spiro atoms. The van der Waals surface area contributed by atoms with E-state index >= 15 is 0 Å². The van der Waals surface area contributed by atoms with Gasteiger partial charge < -0.3 is 15.4 Å². The number of aliphatic imine (C=N–C) groups is 1. The first-order valence-electron chi connectivity index (χ1n) is 7.38. The van der Waals surface area contributed by atoms with Crippen molar-refractivity contribution in [2.45, 2.75) is 25.5 Å². The predicted molar refractivity (Wildman–Crippen MR) is 104 cm³/mol. The molecular formula is C15H24IN3O3S. The fraction of sp³-hybridized carbons (Fsp3) is 0.533. The summed E-state index contributed by atoms with van der Waals surface area (Å²) in [5.41, 5.74) is 0. The minimum atomic E-state index is -2.89. The van der Waals surface area contributed by atoms with E-state index in [9.17, 15) is 8.42 Å². The van der Waals surface area contributed by atoms with Crippen LogP contribution in [0.3, 0.4) is 0 Å². The highest BCUT2D eigenvalue weighted by Crippen LogP contribution is 2.11. The maximum absolute atomic E-state index is 11.5. The van der Waals surface area contributed by atoms with Gasteiger partial charge in [0.15, 0.2) is 15.8 Å². The van der Waals surface area contributed by atoms with Gasteiger partial charge in [-0.25, -0.2) is 8.42 Å². The van der Waals surface area contributed by atoms with Gasteiger partial charge in [-0.1, -0.05) is 18.2 Å². The second-order valence-electron chi connectivity index (χ2n) is 5.44. The highest BCUT2D eigenvalue weighted by molar-refractivity contribution is 14.0. The van der Waals surface area contributed by atoms with E-state index in [0.29, 0.717) is 18.9 Å². The average Bonchev–Trinajstić information content (AvgIpc) is 2.83. The number of benzene rings is 1. The van der Waals surface area contributed by atoms with Crippen LogP contribution in [0.15, 0.2) is 35.3 Å². The third-order valence-electron chi connectivity index (χ3n) is 3.43. The van der Waals surface area contributed by atoms with E-state index in [2.05, 4.69) is 15.6 Å². The number of nitrogens with one attached hydrogen (secondary N) is 2. The molecule has 0 amide bonds. The van der Waals surface area contributed by atoms with Crippen molar-refractivity contribution in [2.24, 2.45) is 4.99 Å². The van der Waals surface area contributed by atoms with Crippen LogP contribution in [0.4, 0.5) is 0 Å². The van der Waals surface area contributed by atoms with Gasteiger partial charge in [-0.05, 0) is 25.5 Å². The molecule has 0 radical (unpaired) electrons. The van der Waals surface area contributed by atoms with Gasteiger partial charge in [-0.2, -0.15) is 0 Å². The van der Waals surface area contributed by atoms with Crippen LogP contribution in [-0.4, -0.2) is 51.6 Å². The molecule has 8 heteroatoms. The average molecular weight is 453 g/mol. The molecule has 2 N–H and O–H groups in total. The highest BCUT2D eigenvalue weighted by atomic mass is 127. The molecule has 1 fully saturated rings. The van der Waals surface area contributed by atoms with E-state index in [1.54, 1.807) is 7.05 Å². The van der Waals surface area contributed by atoms with Gasteiger partial charge >= 0.3 is 0 Å². The third kappa shape index (κ3) is 6.94. The van der Waals surface area contributed by atoms with E-state index in [1.807, 2.05) is 37.3 Å². The Balaban J connectivity index is 0.00000264. The molecule has 0 aromatic heterocycles. The summed E-state index contributed by atoms with van der Waals surface area (Å²) < 4.78 is 28.7. The number of hydrogen-bond donors (Lipinski definition) is 2. The van der Waals surface area contributed by atoms with Crippen LogP contribution < -0.4 is 15.4 Å². The molecule has 130 valence electrons. The van der Waals surface area contributed by atoms with Crippen molar-refractivity contribution in [3.8, 4) is 5.75 Å². The van der Waals surface area contributed by atoms with Crippen molar-refractivity contribution in [2.75, 3.05) is 25.1 Å². The zero-order valence-electron chi connectivity index (χ0n) is 13.4. The molecule has 0 saturated carbocycles. The van der Waals surface area contributed by atoms with Gasteiger partial charge in [0.25, 0.3) is 0 Å². The standard InChI is InChI=1S/C15H23N3O3S.HI/c1-12(21-14-6-4-3-5-7-14)10-17-15(16-2)18-13-8-9-22(19,20)11-13;/h3-7,12-13H,8-11H2,1-2H3,(H2,16,17,18);1H. The molecule has 2 rings (SSSR count). The molecule has 1 heterocycles. The quantitative estimate of drug-likeness (QED) is 0.401. The van der Waals surface area contributed by atoms with Gasteiger partial charge in [-0.3, -0.25) is 4.99 Å². The molecule has 1 aromatic rings. The largest absolute Gasteiger partial charge is 0.489 e. The molecule has 1 aliphatic heterocycles. The normalized spacial score (nSPS) is 21.1. The van der Waals surface area contributed by atoms with Gasteiger partial charge in [0.05, 0.1) is 18.1 Å². The number of sulfone groups is 1. The maximum Gasteiger partial charge on any atom is 0.191 e. The van der Waals surface area contributed by atoms with Gasteiger partial charge in [-0.15, -0.1) is 24.0 Å². The van der Waals surface area contributed by atoms with Crippen LogP contribution in [0.1, 0.15) is 13.3 Å². The molecule has 23 heavy (non-hydrogen) atoms. The Morgan fingerprint density at radius 3 is 2.65 bits per heavy atom. The van der Waals surface area contributed by atoms with Crippen molar-refractivity contribution in [1.29, 1.82) is 0 Å². The molecular weight excluding hydrogens is 429 g/mol. The van der Waals surface area contributed by atoms with Crippen molar-refractivity contribution in [3.05, 3.63) is 30.3 Å². The highest BCUT2D eigenvalue weighted by Gasteiger charge is 2.28. The Morgan fingerprint density at radius 2 is 2.09 bits per heavy atom. The first-order chi connectivity index (χ1) is 10.5. The summed E-state index contributed by atoms with van der Waals surface area (Å²) in [6.07, 6.45) is 0.590. The van der Waals surface area contributed by atoms with Crippen LogP contribution >= 0.6 is 24.0 Å². The monoisotopic (exact) mass is 453 g/mol. The fourth-order valence-corrected chi connectivity index (χ4v) is 3.98. The second kappa shape index (κ2) is 9.31. The number of hydrogen-bond acceptors (Lipinski definition) is 4. The topological polar surface area (TPSA) is 79.8 Å². The smallest absolute Gasteiger partial charge is 0.191 e. The van der Waals surface area contributed by atoms with Crippen LogP contribution in [0, 0.1) is 0 Å². The first-order valence-corrected chi connectivity index (χ1v) is 9.20. The van der Waals surface area contributed by atoms with Crippen molar-refractivity contribution in [3.63, 3.8) is 0 Å². The Kier molecular flexibility index (Phi) is 8.10. The lowest BCUT2D eigenvalue weighted by atomic mass is 10.3. The molecule has 0 bridgehead atoms. The fourth-order valence-electron chi connectivity index (χ4n) is 2.31. The molecule has 1 saturated heterocycles. The van der Waals surface area contributed by atoms with E-state index < -0.39 is 9.84 Å². The number of nitrogens with zero attached hydrogens (tertiary/aromatic N) is 1. The lowest BCUT2D eigenvalue weighted by molar-refractivity contribution is 0.223. The van der Waals surface area contributed by atoms with Crippen LogP contribution in [0.25, 0.3) is 0 Å². The van der Waals surface area contributed by atoms with E-state index in [-0.39, 0.29) is 47.6 Å². The number of guanidine groups is 1. The Labute approximate surface area is 155 Å². The number of ether oxygens (including phenoxy) is 1. The second-order valence-corrected chi connectivity index (χ2v) is 7.67. The third-order valence-corrected chi connectivity index (χ3v) is 5.20. The minimum absolute atomic E-state index is 0. The molecule has 0 aliphatic carbocycles. The van der Waals surface area contributed by atoms with Crippen molar-refractivity contribution >= 4 is 39.8 Å². The van der Waals surface area contributed by atoms with Crippen LogP contribution in [-0.2, 0) is 9.84 Å². The summed E-state index contributed by atoms with van der Waals surface area (Å²) in [6, 6.07) is 9.55. The lowest BCUT2D eigenvalue weighted by Crippen LogP contribution is -2.46. The number of rotatable bonds is 5. The summed E-state index contributed by atoms with van der Waals surface area (Å²) in [5.74, 6) is 1.84. The lowest BCUT2D eigenvalue weighted by Gasteiger charge is -2.19. The maximum atomic E-state index is 11.5. The summed E-state index contributed by atoms with van der Waals surface area (Å²) in [6.45, 7) is 2.54. The van der Waals surface area contributed by atoms with E-state index in [0.717, 1.165) is 5.75 Å². The first kappa shape index (κ1) is 20.0. The van der Waals surface area contributed by atoms with E-state index in [1.165, 1.54) is 0 Å². The zero-order chi connectivity index (χ0) is 16.0. The number of para-hydroxylation sites is 1. The number of halogens is 1. The molecule has 6 nitrogen and oxygen atoms in total. The van der Waals surface area contributed by atoms with Crippen molar-refractivity contribution < 1.29 is 13.2 Å². The summed E-state index contributed by atoms with van der Waals surface area (Å²) in [5, 5.41) is 6.31. The molecule has 1 aliphatic rings. The van der Waals surface area contributed by atoms with Gasteiger partial charge in [0, 0.05) is 13.1 Å². The SMILES string of the molecule is CN=C(NCC(C)Oc1ccccc1)NC1CCS(=O)(=O)C1.I. The molecule has 2 unspecified atom stereocenters. The van der Waals surface area contributed by atoms with Gasteiger partial charge in [0.1, 0.15) is 11.9 Å². The Hall–Kier alpha value is -1.03. The zero-order valence-corrected chi connectivity index (χ0v) is 16.5. The Bertz CT molecular complexity index is 608. The van der Waals surface area contributed by atoms with Gasteiger partial charge in [0.2, 0.25) is 0 Å². The predicted octanol–water partition coefficient (Wildman–Crippen LogP) is 1.42. The molecule has 2 atom stereocenters. The minimum Gasteiger partial charge on any atom is -0.489 e.